The lowest BCUT2D eigenvalue weighted by molar-refractivity contribution is -0.150. The van der Waals surface area contributed by atoms with Crippen molar-refractivity contribution in [2.75, 3.05) is 0 Å². The maximum absolute atomic E-state index is 12.1. The van der Waals surface area contributed by atoms with Crippen molar-refractivity contribution in [2.24, 2.45) is 0 Å². The van der Waals surface area contributed by atoms with E-state index < -0.39 is 23.1 Å². The first kappa shape index (κ1) is 12.8. The van der Waals surface area contributed by atoms with E-state index in [9.17, 15) is 14.1 Å². The number of halogens is 2. The molecule has 0 spiro atoms. The zero-order chi connectivity index (χ0) is 12.6. The van der Waals surface area contributed by atoms with Crippen LogP contribution in [0.1, 0.15) is 0 Å². The van der Waals surface area contributed by atoms with Crippen LogP contribution >= 0.6 is 27.5 Å². The van der Waals surface area contributed by atoms with E-state index in [1.807, 2.05) is 0 Å². The molecule has 0 aliphatic carbocycles. The third-order valence-corrected chi connectivity index (χ3v) is 4.57. The number of rotatable bonds is 2. The summed E-state index contributed by atoms with van der Waals surface area (Å²) in [5.74, 6) is -0.861. The van der Waals surface area contributed by atoms with E-state index in [0.717, 1.165) is 4.47 Å². The van der Waals surface area contributed by atoms with Crippen molar-refractivity contribution in [1.82, 2.24) is 0 Å². The topological polar surface area (TPSA) is 63.6 Å². The number of hydrogen-bond donors (Lipinski definition) is 1. The zero-order valence-electron chi connectivity index (χ0n) is 8.22. The van der Waals surface area contributed by atoms with Gasteiger partial charge in [0.15, 0.2) is 0 Å². The quantitative estimate of drug-likeness (QED) is 0.837. The van der Waals surface area contributed by atoms with Crippen LogP contribution in [0.5, 0.6) is 0 Å². The molecule has 4 nitrogen and oxygen atoms in total. The van der Waals surface area contributed by atoms with Gasteiger partial charge in [-0.05, 0) is 24.3 Å². The highest BCUT2D eigenvalue weighted by atomic mass is 79.9. The largest absolute Gasteiger partial charge is 0.426 e. The van der Waals surface area contributed by atoms with Gasteiger partial charge in [-0.25, -0.2) is 9.00 Å². The van der Waals surface area contributed by atoms with Crippen molar-refractivity contribution < 1.29 is 18.8 Å². The van der Waals surface area contributed by atoms with Gasteiger partial charge in [-0.3, -0.25) is 0 Å². The molecular formula is C10H6BrClO4S. The maximum Gasteiger partial charge on any atom is 0.353 e. The number of esters is 1. The molecule has 0 radical (unpaired) electrons. The Hall–Kier alpha value is -0.690. The minimum Gasteiger partial charge on any atom is -0.426 e. The van der Waals surface area contributed by atoms with Crippen molar-refractivity contribution in [3.05, 3.63) is 38.7 Å². The van der Waals surface area contributed by atoms with E-state index in [1.54, 1.807) is 24.3 Å². The minimum atomic E-state index is -1.72. The van der Waals surface area contributed by atoms with Gasteiger partial charge in [0.2, 0.25) is 6.29 Å². The van der Waals surface area contributed by atoms with E-state index in [-0.39, 0.29) is 9.94 Å². The van der Waals surface area contributed by atoms with E-state index in [4.69, 9.17) is 11.6 Å². The molecule has 1 N–H and O–H groups in total. The van der Waals surface area contributed by atoms with Gasteiger partial charge in [0, 0.05) is 9.37 Å². The van der Waals surface area contributed by atoms with Crippen LogP contribution < -0.4 is 0 Å². The average Bonchev–Trinajstić information content (AvgIpc) is 2.53. The Bertz CT molecular complexity index is 526. The minimum absolute atomic E-state index is 0.112. The van der Waals surface area contributed by atoms with Crippen LogP contribution in [-0.4, -0.2) is 21.6 Å². The van der Waals surface area contributed by atoms with Crippen LogP contribution in [0.2, 0.25) is 0 Å². The lowest BCUT2D eigenvalue weighted by Gasteiger charge is -2.07. The van der Waals surface area contributed by atoms with Crippen LogP contribution in [0.15, 0.2) is 43.6 Å². The average molecular weight is 338 g/mol. The van der Waals surface area contributed by atoms with Gasteiger partial charge in [0.1, 0.15) is 9.94 Å². The second-order valence-electron chi connectivity index (χ2n) is 3.16. The van der Waals surface area contributed by atoms with Gasteiger partial charge >= 0.3 is 5.97 Å². The molecule has 7 heteroatoms. The molecule has 1 heterocycles. The van der Waals surface area contributed by atoms with Gasteiger partial charge < -0.3 is 9.84 Å². The highest BCUT2D eigenvalue weighted by Gasteiger charge is 2.36. The third kappa shape index (κ3) is 2.44. The Morgan fingerprint density at radius 2 is 1.94 bits per heavy atom. The Kier molecular flexibility index (Phi) is 3.67. The smallest absolute Gasteiger partial charge is 0.353 e. The van der Waals surface area contributed by atoms with E-state index >= 15 is 0 Å². The maximum atomic E-state index is 12.1. The molecule has 1 aromatic rings. The van der Waals surface area contributed by atoms with Crippen molar-refractivity contribution >= 4 is 44.3 Å². The lowest BCUT2D eigenvalue weighted by atomic mass is 10.4. The normalized spacial score (nSPS) is 21.6. The number of carbonyl (C=O) groups excluding carboxylic acids is 1. The van der Waals surface area contributed by atoms with Crippen molar-refractivity contribution in [2.45, 2.75) is 11.2 Å². The number of benzene rings is 1. The first-order chi connectivity index (χ1) is 8.00. The summed E-state index contributed by atoms with van der Waals surface area (Å²) in [5.41, 5.74) is 0. The molecule has 0 saturated heterocycles. The molecule has 0 amide bonds. The summed E-state index contributed by atoms with van der Waals surface area (Å²) >= 11 is 8.89. The molecule has 0 aromatic heterocycles. The van der Waals surface area contributed by atoms with Crippen LogP contribution in [0, 0.1) is 0 Å². The van der Waals surface area contributed by atoms with E-state index in [2.05, 4.69) is 20.7 Å². The highest BCUT2D eigenvalue weighted by molar-refractivity contribution is 9.10. The summed E-state index contributed by atoms with van der Waals surface area (Å²) in [6, 6.07) is 6.61. The summed E-state index contributed by atoms with van der Waals surface area (Å²) in [4.78, 5) is 11.4. The molecule has 90 valence electrons. The second-order valence-corrected chi connectivity index (χ2v) is 5.90. The lowest BCUT2D eigenvalue weighted by Crippen LogP contribution is -2.13. The third-order valence-electron chi connectivity index (χ3n) is 2.07. The molecule has 17 heavy (non-hydrogen) atoms. The van der Waals surface area contributed by atoms with Crippen LogP contribution in [0.3, 0.4) is 0 Å². The fourth-order valence-corrected chi connectivity index (χ4v) is 3.00. The fraction of sp³-hybridized carbons (Fsp3) is 0.100. The summed E-state index contributed by atoms with van der Waals surface area (Å²) in [6.45, 7) is 0. The number of ether oxygens (including phenoxy) is 1. The summed E-state index contributed by atoms with van der Waals surface area (Å²) in [7, 11) is -1.72. The van der Waals surface area contributed by atoms with Gasteiger partial charge in [0.05, 0.1) is 10.8 Å². The monoisotopic (exact) mass is 336 g/mol. The Morgan fingerprint density at radius 3 is 2.41 bits per heavy atom. The van der Waals surface area contributed by atoms with Gasteiger partial charge in [-0.2, -0.15) is 0 Å². The summed E-state index contributed by atoms with van der Waals surface area (Å²) < 4.78 is 17.4. The molecular weight excluding hydrogens is 332 g/mol. The van der Waals surface area contributed by atoms with Crippen molar-refractivity contribution in [3.63, 3.8) is 0 Å². The van der Waals surface area contributed by atoms with Gasteiger partial charge in [0.25, 0.3) is 0 Å². The molecule has 0 bridgehead atoms. The van der Waals surface area contributed by atoms with E-state index in [1.165, 1.54) is 0 Å². The van der Waals surface area contributed by atoms with Gasteiger partial charge in [-0.15, -0.1) is 0 Å². The SMILES string of the molecule is O=C1O[C@H](O)C([S@](=O)c2ccc(Br)cc2)=C1Cl. The first-order valence-corrected chi connectivity index (χ1v) is 6.79. The molecule has 2 atom stereocenters. The molecule has 1 aliphatic rings. The molecule has 1 aliphatic heterocycles. The Morgan fingerprint density at radius 1 is 1.35 bits per heavy atom. The van der Waals surface area contributed by atoms with Crippen LogP contribution in [0.4, 0.5) is 0 Å². The van der Waals surface area contributed by atoms with Crippen molar-refractivity contribution in [3.8, 4) is 0 Å². The number of cyclic esters (lactones) is 1. The number of aliphatic hydroxyl groups is 1. The predicted molar refractivity (Wildman–Crippen MR) is 65.5 cm³/mol. The fourth-order valence-electron chi connectivity index (χ4n) is 1.27. The van der Waals surface area contributed by atoms with Crippen LogP contribution in [-0.2, 0) is 20.3 Å². The Labute approximate surface area is 113 Å². The van der Waals surface area contributed by atoms with E-state index in [0.29, 0.717) is 4.90 Å². The van der Waals surface area contributed by atoms with Crippen molar-refractivity contribution in [1.29, 1.82) is 0 Å². The molecule has 0 saturated carbocycles. The first-order valence-electron chi connectivity index (χ1n) is 4.47. The number of aliphatic hydroxyl groups excluding tert-OH is 1. The molecule has 0 fully saturated rings. The Balaban J connectivity index is 2.38. The van der Waals surface area contributed by atoms with Gasteiger partial charge in [-0.1, -0.05) is 27.5 Å². The van der Waals surface area contributed by atoms with Crippen LogP contribution in [0.25, 0.3) is 0 Å². The molecule has 1 aromatic carbocycles. The zero-order valence-corrected chi connectivity index (χ0v) is 11.4. The second kappa shape index (κ2) is 4.89. The standard InChI is InChI=1S/C10H6BrClO4S/c11-5-1-3-6(4-2-5)17(15)8-7(12)9(13)16-10(8)14/h1-4,10,14H/t10-,17+/m0/s1. The molecule has 2 rings (SSSR count). The summed E-state index contributed by atoms with van der Waals surface area (Å²) in [6.07, 6.45) is -1.54. The predicted octanol–water partition coefficient (Wildman–Crippen LogP) is 1.88. The summed E-state index contributed by atoms with van der Waals surface area (Å²) in [5, 5.41) is 9.11. The number of carbonyl (C=O) groups is 1. The highest BCUT2D eigenvalue weighted by Crippen LogP contribution is 2.30. The number of hydrogen-bond acceptors (Lipinski definition) is 4. The molecule has 0 unspecified atom stereocenters.